The van der Waals surface area contributed by atoms with Gasteiger partial charge in [-0.05, 0) is 123 Å². The predicted molar refractivity (Wildman–Crippen MR) is 221 cm³/mol. The molecule has 0 amide bonds. The summed E-state index contributed by atoms with van der Waals surface area (Å²) in [4.78, 5) is 0. The van der Waals surface area contributed by atoms with Crippen LogP contribution in [0.4, 0.5) is 0 Å². The zero-order chi connectivity index (χ0) is 37.0. The third kappa shape index (κ3) is 8.54. The average molecular weight is 691 g/mol. The Morgan fingerprint density at radius 1 is 0.654 bits per heavy atom. The second-order valence-corrected chi connectivity index (χ2v) is 13.8. The standard InChI is InChI=1S/C25H24O.C24H22O2.4H2/c1-5-6-7-8-12-20-17-19(3)22-14-10-15-23(20)24(22)25(26-4)21-13-9-11-18(2)16-21;1-4-5-6-7-10-18-15-17(2)21-13-9-14-22(18)23(21)24(26-3)19-11-8-12-20(25)16-19;;;;/h1,9,11,13,16-17,20,22-23H,10,14-15H2,2-4H3;1,8,11-12,15-16,18,21-22,25H,9,13-14H2,2-3H3;4*1H/b25-24-;24-23-;;;;. The Bertz CT molecular complexity index is 2010. The number of rotatable bonds is 4. The molecule has 0 saturated heterocycles. The van der Waals surface area contributed by atoms with Crippen molar-refractivity contribution in [1.29, 1.82) is 0 Å². The van der Waals surface area contributed by atoms with Gasteiger partial charge in [-0.25, -0.2) is 0 Å². The van der Waals surface area contributed by atoms with Gasteiger partial charge in [-0.15, -0.1) is 12.8 Å². The van der Waals surface area contributed by atoms with Gasteiger partial charge in [0.15, 0.2) is 0 Å². The lowest BCUT2D eigenvalue weighted by Gasteiger charge is -2.41. The minimum Gasteiger partial charge on any atom is -0.508 e. The molecule has 2 aromatic rings. The first-order valence-electron chi connectivity index (χ1n) is 18.0. The van der Waals surface area contributed by atoms with Gasteiger partial charge < -0.3 is 14.6 Å². The van der Waals surface area contributed by atoms with Crippen molar-refractivity contribution in [2.45, 2.75) is 59.3 Å². The first-order valence-corrected chi connectivity index (χ1v) is 18.0. The van der Waals surface area contributed by atoms with E-state index in [-0.39, 0.29) is 23.3 Å². The van der Waals surface area contributed by atoms with E-state index in [0.717, 1.165) is 41.9 Å². The van der Waals surface area contributed by atoms with Crippen LogP contribution in [-0.2, 0) is 9.47 Å². The molecule has 0 radical (unpaired) electrons. The number of hydrogen-bond acceptors (Lipinski definition) is 3. The highest BCUT2D eigenvalue weighted by atomic mass is 16.5. The van der Waals surface area contributed by atoms with Crippen LogP contribution in [-0.4, -0.2) is 19.3 Å². The number of terminal acetylenes is 2. The van der Waals surface area contributed by atoms with Gasteiger partial charge >= 0.3 is 0 Å². The summed E-state index contributed by atoms with van der Waals surface area (Å²) in [7, 11) is 3.49. The van der Waals surface area contributed by atoms with Crippen LogP contribution in [0.15, 0.2) is 83.0 Å². The highest BCUT2D eigenvalue weighted by molar-refractivity contribution is 5.68. The second-order valence-electron chi connectivity index (χ2n) is 13.8. The molecule has 3 heteroatoms. The number of phenols is 1. The molecule has 4 bridgehead atoms. The van der Waals surface area contributed by atoms with E-state index in [4.69, 9.17) is 22.3 Å². The maximum Gasteiger partial charge on any atom is 0.126 e. The summed E-state index contributed by atoms with van der Waals surface area (Å²) in [5.41, 5.74) is 8.74. The number of fused-ring (bicyclic) bond motifs is 4. The predicted octanol–water partition coefficient (Wildman–Crippen LogP) is 10.4. The maximum absolute atomic E-state index is 9.89. The van der Waals surface area contributed by atoms with Crippen LogP contribution in [0.25, 0.3) is 11.5 Å². The van der Waals surface area contributed by atoms with Gasteiger partial charge in [-0.2, -0.15) is 0 Å². The van der Waals surface area contributed by atoms with Crippen molar-refractivity contribution in [2.75, 3.05) is 14.2 Å². The fourth-order valence-electron chi connectivity index (χ4n) is 8.50. The van der Waals surface area contributed by atoms with Crippen LogP contribution in [0.5, 0.6) is 5.75 Å². The van der Waals surface area contributed by atoms with Crippen molar-refractivity contribution < 1.29 is 20.3 Å². The number of hydrogen-bond donors (Lipinski definition) is 1. The Hall–Kier alpha value is -5.84. The van der Waals surface area contributed by atoms with Gasteiger partial charge in [0.1, 0.15) is 17.3 Å². The SMILES string of the molecule is C#CC#CC#CC1C=C(C)C2CCCC1/C2=C(\OC)c1cccc(C)c1.C#CC#CC#CC1C=C(C)C2CCCC1/C2=C(\OC)c1cccc(O)c1.[HH].[HH].[HH].[HH]. The van der Waals surface area contributed by atoms with E-state index in [1.807, 2.05) is 12.1 Å². The first kappa shape index (κ1) is 37.4. The number of aromatic hydroxyl groups is 1. The Labute approximate surface area is 317 Å². The van der Waals surface area contributed by atoms with Gasteiger partial charge in [-0.1, -0.05) is 83.9 Å². The normalized spacial score (nSPS) is 25.4. The van der Waals surface area contributed by atoms with Gasteiger partial charge in [0.2, 0.25) is 0 Å². The molecule has 2 fully saturated rings. The molecule has 3 nitrogen and oxygen atoms in total. The molecule has 0 spiro atoms. The zero-order valence-corrected chi connectivity index (χ0v) is 30.9. The Morgan fingerprint density at radius 3 is 1.58 bits per heavy atom. The van der Waals surface area contributed by atoms with Crippen LogP contribution in [0.3, 0.4) is 0 Å². The Kier molecular flexibility index (Phi) is 12.9. The van der Waals surface area contributed by atoms with Gasteiger partial charge in [0, 0.05) is 52.3 Å². The molecule has 0 aromatic heterocycles. The van der Waals surface area contributed by atoms with Crippen molar-refractivity contribution in [1.82, 2.24) is 0 Å². The van der Waals surface area contributed by atoms with Crippen LogP contribution in [0, 0.1) is 114 Å². The lowest BCUT2D eigenvalue weighted by atomic mass is 9.64. The van der Waals surface area contributed by atoms with Gasteiger partial charge in [0.25, 0.3) is 0 Å². The number of phenolic OH excluding ortho intramolecular Hbond substituents is 1. The Morgan fingerprint density at radius 2 is 1.13 bits per heavy atom. The molecule has 6 atom stereocenters. The highest BCUT2D eigenvalue weighted by Gasteiger charge is 2.40. The third-order valence-electron chi connectivity index (χ3n) is 10.6. The fraction of sp³-hybridized carbons (Fsp3) is 0.347. The van der Waals surface area contributed by atoms with E-state index in [1.54, 1.807) is 26.4 Å². The molecule has 0 aliphatic heterocycles. The molecular formula is C49H54O3. The van der Waals surface area contributed by atoms with Crippen molar-refractivity contribution >= 4 is 11.5 Å². The van der Waals surface area contributed by atoms with Crippen LogP contribution < -0.4 is 0 Å². The highest BCUT2D eigenvalue weighted by Crippen LogP contribution is 2.51. The van der Waals surface area contributed by atoms with E-state index in [9.17, 15) is 5.11 Å². The van der Waals surface area contributed by atoms with E-state index in [0.29, 0.717) is 23.7 Å². The Balaban J connectivity index is 0.000000523. The van der Waals surface area contributed by atoms with Crippen LogP contribution >= 0.6 is 0 Å². The first-order chi connectivity index (χ1) is 25.3. The van der Waals surface area contributed by atoms with Crippen molar-refractivity contribution in [3.05, 3.63) is 99.7 Å². The molecule has 0 heterocycles. The van der Waals surface area contributed by atoms with E-state index < -0.39 is 0 Å². The van der Waals surface area contributed by atoms with E-state index in [1.165, 1.54) is 47.1 Å². The van der Waals surface area contributed by atoms with Crippen molar-refractivity contribution in [3.8, 4) is 77.8 Å². The topological polar surface area (TPSA) is 38.7 Å². The molecule has 1 N–H and O–H groups in total. The molecular weight excluding hydrogens is 637 g/mol. The average Bonchev–Trinajstić information content (AvgIpc) is 3.14. The summed E-state index contributed by atoms with van der Waals surface area (Å²) in [5.74, 6) is 31.6. The number of methoxy groups -OCH3 is 2. The van der Waals surface area contributed by atoms with E-state index >= 15 is 0 Å². The quantitative estimate of drug-likeness (QED) is 0.197. The fourth-order valence-corrected chi connectivity index (χ4v) is 8.50. The summed E-state index contributed by atoms with van der Waals surface area (Å²) >= 11 is 0. The van der Waals surface area contributed by atoms with Gasteiger partial charge in [-0.3, -0.25) is 0 Å². The molecule has 2 saturated carbocycles. The molecule has 4 aliphatic rings. The third-order valence-corrected chi connectivity index (χ3v) is 10.6. The maximum atomic E-state index is 9.89. The van der Waals surface area contributed by atoms with Crippen LogP contribution in [0.2, 0.25) is 0 Å². The molecule has 2 aromatic carbocycles. The summed E-state index contributed by atoms with van der Waals surface area (Å²) in [5, 5.41) is 9.89. The number of ether oxygens (including phenoxy) is 2. The summed E-state index contributed by atoms with van der Waals surface area (Å²) in [6.45, 7) is 6.51. The summed E-state index contributed by atoms with van der Waals surface area (Å²) in [6.07, 6.45) is 21.9. The summed E-state index contributed by atoms with van der Waals surface area (Å²) < 4.78 is 11.8. The van der Waals surface area contributed by atoms with Crippen molar-refractivity contribution in [3.63, 3.8) is 0 Å². The number of benzene rings is 2. The molecule has 268 valence electrons. The lowest BCUT2D eigenvalue weighted by Crippen LogP contribution is -2.31. The zero-order valence-electron chi connectivity index (χ0n) is 30.9. The monoisotopic (exact) mass is 690 g/mol. The minimum absolute atomic E-state index is 0. The van der Waals surface area contributed by atoms with Crippen LogP contribution in [0.1, 0.15) is 74.8 Å². The van der Waals surface area contributed by atoms with E-state index in [2.05, 4.69) is 116 Å². The number of aryl methyl sites for hydroxylation is 1. The molecule has 6 unspecified atom stereocenters. The lowest BCUT2D eigenvalue weighted by molar-refractivity contribution is 0.308. The molecule has 52 heavy (non-hydrogen) atoms. The summed E-state index contributed by atoms with van der Waals surface area (Å²) in [6, 6.07) is 15.8. The minimum atomic E-state index is 0. The van der Waals surface area contributed by atoms with Gasteiger partial charge in [0.05, 0.1) is 14.2 Å². The van der Waals surface area contributed by atoms with Crippen molar-refractivity contribution in [2.24, 2.45) is 35.5 Å². The smallest absolute Gasteiger partial charge is 0.126 e. The molecule has 6 rings (SSSR count). The second kappa shape index (κ2) is 17.9. The largest absolute Gasteiger partial charge is 0.508 e. The molecule has 4 aliphatic carbocycles. The number of allylic oxidation sites excluding steroid dienone is 6.